The maximum Gasteiger partial charge on any atom is 0.305 e. The molecule has 1 aliphatic rings. The number of Topliss-reactive ketones (excluding diaryl/α,β-unsaturated/α-hetero) is 2. The van der Waals surface area contributed by atoms with Crippen LogP contribution in [0.25, 0.3) is 0 Å². The zero-order valence-electron chi connectivity index (χ0n) is 13.2. The van der Waals surface area contributed by atoms with Gasteiger partial charge in [0, 0.05) is 6.42 Å². The van der Waals surface area contributed by atoms with Crippen LogP contribution >= 0.6 is 23.2 Å². The van der Waals surface area contributed by atoms with Crippen molar-refractivity contribution < 1.29 is 29.3 Å². The number of ketones is 2. The Morgan fingerprint density at radius 3 is 2.13 bits per heavy atom. The zero-order valence-corrected chi connectivity index (χ0v) is 14.7. The lowest BCUT2D eigenvalue weighted by Crippen LogP contribution is -2.46. The monoisotopic (exact) mass is 368 g/mol. The Balaban J connectivity index is 2.91. The van der Waals surface area contributed by atoms with Crippen molar-refractivity contribution in [3.63, 3.8) is 0 Å². The van der Waals surface area contributed by atoms with E-state index < -0.39 is 46.1 Å². The van der Waals surface area contributed by atoms with Gasteiger partial charge in [0.2, 0.25) is 0 Å². The Morgan fingerprint density at radius 1 is 1.00 bits per heavy atom. The summed E-state index contributed by atoms with van der Waals surface area (Å²) in [5.74, 6) is -1.93. The average molecular weight is 369 g/mol. The molecule has 23 heavy (non-hydrogen) atoms. The van der Waals surface area contributed by atoms with Gasteiger partial charge in [0.15, 0.2) is 17.2 Å². The number of rotatable bonds is 0. The fourth-order valence-corrected chi connectivity index (χ4v) is 3.03. The van der Waals surface area contributed by atoms with Crippen molar-refractivity contribution in [2.45, 2.75) is 67.9 Å². The minimum atomic E-state index is -1.88. The van der Waals surface area contributed by atoms with Crippen LogP contribution in [0.2, 0.25) is 0 Å². The smallest absolute Gasteiger partial charge is 0.305 e. The van der Waals surface area contributed by atoms with Gasteiger partial charge in [0.05, 0.1) is 10.8 Å². The molecule has 132 valence electrons. The van der Waals surface area contributed by atoms with E-state index in [0.717, 1.165) is 0 Å². The molecule has 0 aromatic carbocycles. The third-order valence-electron chi connectivity index (χ3n) is 3.87. The summed E-state index contributed by atoms with van der Waals surface area (Å²) in [4.78, 5) is 35.8. The molecule has 0 aromatic heterocycles. The molecule has 1 rings (SSSR count). The molecule has 0 aromatic rings. The summed E-state index contributed by atoms with van der Waals surface area (Å²) in [5, 5.41) is 18.3. The van der Waals surface area contributed by atoms with Crippen molar-refractivity contribution in [1.82, 2.24) is 0 Å². The number of cyclic esters (lactones) is 1. The van der Waals surface area contributed by atoms with Gasteiger partial charge in [0.1, 0.15) is 12.2 Å². The summed E-state index contributed by atoms with van der Waals surface area (Å²) in [5.41, 5.74) is -3.55. The molecule has 1 aliphatic heterocycles. The van der Waals surface area contributed by atoms with Crippen LogP contribution in [0.1, 0.15) is 46.0 Å². The number of alkyl halides is 2. The molecule has 1 saturated heterocycles. The molecule has 8 heteroatoms. The van der Waals surface area contributed by atoms with Crippen LogP contribution in [0.15, 0.2) is 0 Å². The first-order valence-electron chi connectivity index (χ1n) is 7.44. The van der Waals surface area contributed by atoms with Crippen molar-refractivity contribution in [2.75, 3.05) is 6.61 Å². The number of halogens is 2. The first kappa shape index (κ1) is 20.4. The Bertz CT molecular complexity index is 475. The van der Waals surface area contributed by atoms with E-state index in [4.69, 9.17) is 27.9 Å². The van der Waals surface area contributed by atoms with E-state index in [1.165, 1.54) is 13.8 Å². The highest BCUT2D eigenvalue weighted by Crippen LogP contribution is 2.25. The van der Waals surface area contributed by atoms with Crippen LogP contribution in [-0.2, 0) is 19.1 Å². The van der Waals surface area contributed by atoms with E-state index in [1.807, 2.05) is 0 Å². The largest absolute Gasteiger partial charge is 0.462 e. The number of carbonyl (C=O) groups is 3. The molecule has 0 unspecified atom stereocenters. The predicted octanol–water partition coefficient (Wildman–Crippen LogP) is 1.35. The topological polar surface area (TPSA) is 101 Å². The van der Waals surface area contributed by atoms with Crippen molar-refractivity contribution in [2.24, 2.45) is 0 Å². The molecule has 1 heterocycles. The molecule has 0 amide bonds. The van der Waals surface area contributed by atoms with E-state index in [1.54, 1.807) is 0 Å². The number of carbonyl (C=O) groups excluding carboxylic acids is 3. The van der Waals surface area contributed by atoms with Gasteiger partial charge in [-0.2, -0.15) is 0 Å². The summed E-state index contributed by atoms with van der Waals surface area (Å²) < 4.78 is 4.86. The quantitative estimate of drug-likeness (QED) is 0.494. The van der Waals surface area contributed by atoms with E-state index in [9.17, 15) is 24.6 Å². The zero-order chi connectivity index (χ0) is 17.8. The van der Waals surface area contributed by atoms with Crippen LogP contribution < -0.4 is 0 Å². The molecule has 1 fully saturated rings. The van der Waals surface area contributed by atoms with Crippen LogP contribution in [0.4, 0.5) is 0 Å². The third-order valence-corrected chi connectivity index (χ3v) is 4.70. The second-order valence-corrected chi connectivity index (χ2v) is 7.36. The Hall–Kier alpha value is -0.690. The SMILES string of the molecule is C[C@]1(O)CCC[C@@H](Cl)C(=O)[C@](C)(O)COC(=O)CC[C@H](Cl)C1=O. The number of esters is 1. The van der Waals surface area contributed by atoms with Crippen molar-refractivity contribution >= 4 is 40.7 Å². The summed E-state index contributed by atoms with van der Waals surface area (Å²) in [7, 11) is 0. The second kappa shape index (κ2) is 7.92. The molecule has 4 atom stereocenters. The van der Waals surface area contributed by atoms with Gasteiger partial charge >= 0.3 is 5.97 Å². The highest BCUT2D eigenvalue weighted by molar-refractivity contribution is 6.32. The lowest BCUT2D eigenvalue weighted by molar-refractivity contribution is -0.156. The Kier molecular flexibility index (Phi) is 7.01. The first-order chi connectivity index (χ1) is 10.5. The highest BCUT2D eigenvalue weighted by atomic mass is 35.5. The normalized spacial score (nSPS) is 38.8. The minimum Gasteiger partial charge on any atom is -0.462 e. The first-order valence-corrected chi connectivity index (χ1v) is 8.32. The van der Waals surface area contributed by atoms with Gasteiger partial charge in [-0.25, -0.2) is 0 Å². The van der Waals surface area contributed by atoms with E-state index in [2.05, 4.69) is 0 Å². The summed E-state index contributed by atoms with van der Waals surface area (Å²) in [6.45, 7) is 2.07. The number of hydrogen-bond donors (Lipinski definition) is 2. The molecule has 0 radical (unpaired) electrons. The van der Waals surface area contributed by atoms with Gasteiger partial charge in [-0.3, -0.25) is 14.4 Å². The number of hydrogen-bond acceptors (Lipinski definition) is 6. The highest BCUT2D eigenvalue weighted by Gasteiger charge is 2.39. The Labute approximate surface area is 145 Å². The molecule has 0 bridgehead atoms. The third kappa shape index (κ3) is 5.71. The van der Waals surface area contributed by atoms with Gasteiger partial charge in [0.25, 0.3) is 0 Å². The summed E-state index contributed by atoms with van der Waals surface area (Å²) in [6, 6.07) is 0. The van der Waals surface area contributed by atoms with E-state index >= 15 is 0 Å². The van der Waals surface area contributed by atoms with Crippen LogP contribution in [-0.4, -0.2) is 56.3 Å². The van der Waals surface area contributed by atoms with Gasteiger partial charge in [-0.15, -0.1) is 23.2 Å². The van der Waals surface area contributed by atoms with Gasteiger partial charge < -0.3 is 14.9 Å². The molecule has 2 N–H and O–H groups in total. The lowest BCUT2D eigenvalue weighted by Gasteiger charge is -2.27. The van der Waals surface area contributed by atoms with E-state index in [-0.39, 0.29) is 25.7 Å². The van der Waals surface area contributed by atoms with Gasteiger partial charge in [-0.05, 0) is 39.5 Å². The fourth-order valence-electron chi connectivity index (χ4n) is 2.29. The maximum absolute atomic E-state index is 12.1. The standard InChI is InChI=1S/C15H22Cl2O6/c1-14(21)7-3-4-9(16)13(20)15(2,22)8-23-11(18)6-5-10(17)12(14)19/h9-10,21-22H,3-8H2,1-2H3/t9-,10+,14+,15-/m1/s1. The molecular weight excluding hydrogens is 347 g/mol. The average Bonchev–Trinajstić information content (AvgIpc) is 2.47. The lowest BCUT2D eigenvalue weighted by atomic mass is 9.89. The maximum atomic E-state index is 12.1. The number of aliphatic hydroxyl groups is 2. The van der Waals surface area contributed by atoms with E-state index in [0.29, 0.717) is 6.42 Å². The fraction of sp³-hybridized carbons (Fsp3) is 0.800. The molecular formula is C15H22Cl2O6. The van der Waals surface area contributed by atoms with Crippen molar-refractivity contribution in [3.05, 3.63) is 0 Å². The van der Waals surface area contributed by atoms with Crippen LogP contribution in [0.5, 0.6) is 0 Å². The summed E-state index contributed by atoms with van der Waals surface area (Å²) >= 11 is 11.9. The second-order valence-electron chi connectivity index (χ2n) is 6.30. The predicted molar refractivity (Wildman–Crippen MR) is 84.6 cm³/mol. The van der Waals surface area contributed by atoms with Crippen molar-refractivity contribution in [3.8, 4) is 0 Å². The number of ether oxygens (including phenoxy) is 1. The van der Waals surface area contributed by atoms with Crippen LogP contribution in [0.3, 0.4) is 0 Å². The van der Waals surface area contributed by atoms with Crippen molar-refractivity contribution in [1.29, 1.82) is 0 Å². The molecule has 6 nitrogen and oxygen atoms in total. The summed E-state index contributed by atoms with van der Waals surface area (Å²) in [6.07, 6.45) is 0.394. The van der Waals surface area contributed by atoms with Gasteiger partial charge in [-0.1, -0.05) is 0 Å². The van der Waals surface area contributed by atoms with Crippen LogP contribution in [0, 0.1) is 0 Å². The molecule has 0 saturated carbocycles. The molecule has 0 aliphatic carbocycles. The molecule has 0 spiro atoms. The minimum absolute atomic E-state index is 0.00356. The Morgan fingerprint density at radius 2 is 1.52 bits per heavy atom.